The van der Waals surface area contributed by atoms with E-state index in [4.69, 9.17) is 0 Å². The molecule has 2 heterocycles. The molecule has 0 bridgehead atoms. The van der Waals surface area contributed by atoms with Gasteiger partial charge in [0.2, 0.25) is 5.91 Å². The highest BCUT2D eigenvalue weighted by molar-refractivity contribution is 5.77. The minimum Gasteiger partial charge on any atom is -0.380 e. The molecule has 0 aromatic carbocycles. The molecule has 1 aliphatic rings. The molecular weight excluding hydrogens is 240 g/mol. The van der Waals surface area contributed by atoms with Crippen LogP contribution in [0.1, 0.15) is 39.0 Å². The molecular formula is C14H24N4O. The summed E-state index contributed by atoms with van der Waals surface area (Å²) in [5, 5.41) is 7.43. The van der Waals surface area contributed by atoms with E-state index in [1.807, 2.05) is 25.1 Å². The molecule has 0 saturated carbocycles. The third-order valence-corrected chi connectivity index (χ3v) is 3.56. The molecule has 2 rings (SSSR count). The fourth-order valence-corrected chi connectivity index (χ4v) is 2.54. The van der Waals surface area contributed by atoms with Gasteiger partial charge in [0.1, 0.15) is 0 Å². The highest BCUT2D eigenvalue weighted by Crippen LogP contribution is 2.13. The zero-order chi connectivity index (χ0) is 13.7. The number of nitrogens with zero attached hydrogens (tertiary/aromatic N) is 3. The number of amides is 1. The number of carbonyl (C=O) groups excluding carboxylic acids is 1. The summed E-state index contributed by atoms with van der Waals surface area (Å²) in [5.41, 5.74) is 0.971. The van der Waals surface area contributed by atoms with Crippen molar-refractivity contribution >= 4 is 11.6 Å². The summed E-state index contributed by atoms with van der Waals surface area (Å²) in [4.78, 5) is 14.2. The average molecular weight is 264 g/mol. The van der Waals surface area contributed by atoms with E-state index in [9.17, 15) is 4.79 Å². The first-order valence-electron chi connectivity index (χ1n) is 7.18. The molecule has 1 unspecified atom stereocenters. The normalized spacial score (nSPS) is 17.9. The maximum absolute atomic E-state index is 12.2. The molecule has 1 aromatic rings. The fourth-order valence-electron chi connectivity index (χ4n) is 2.54. The quantitative estimate of drug-likeness (QED) is 0.905. The lowest BCUT2D eigenvalue weighted by molar-refractivity contribution is -0.131. The van der Waals surface area contributed by atoms with Gasteiger partial charge in [0.05, 0.1) is 11.9 Å². The van der Waals surface area contributed by atoms with Crippen molar-refractivity contribution in [2.24, 2.45) is 7.05 Å². The standard InChI is InChI=1S/C14H24N4O/c1-12(16-13-10-15-17(2)11-13)9-14(19)18-7-5-3-4-6-8-18/h10-12,16H,3-9H2,1-2H3. The number of likely N-dealkylation sites (tertiary alicyclic amines) is 1. The maximum Gasteiger partial charge on any atom is 0.224 e. The van der Waals surface area contributed by atoms with Gasteiger partial charge in [-0.3, -0.25) is 9.48 Å². The van der Waals surface area contributed by atoms with Gasteiger partial charge in [-0.05, 0) is 19.8 Å². The van der Waals surface area contributed by atoms with Gasteiger partial charge in [0.15, 0.2) is 0 Å². The number of aryl methyl sites for hydroxylation is 1. The molecule has 1 aromatic heterocycles. The Morgan fingerprint density at radius 1 is 1.37 bits per heavy atom. The van der Waals surface area contributed by atoms with Crippen molar-refractivity contribution in [2.75, 3.05) is 18.4 Å². The van der Waals surface area contributed by atoms with Crippen LogP contribution in [0.15, 0.2) is 12.4 Å². The molecule has 1 N–H and O–H groups in total. The third-order valence-electron chi connectivity index (χ3n) is 3.56. The van der Waals surface area contributed by atoms with Crippen molar-refractivity contribution < 1.29 is 4.79 Å². The van der Waals surface area contributed by atoms with Crippen LogP contribution in [-0.4, -0.2) is 39.7 Å². The molecule has 1 aliphatic heterocycles. The van der Waals surface area contributed by atoms with Crippen molar-refractivity contribution in [3.63, 3.8) is 0 Å². The highest BCUT2D eigenvalue weighted by atomic mass is 16.2. The number of carbonyl (C=O) groups is 1. The van der Waals surface area contributed by atoms with E-state index in [2.05, 4.69) is 10.4 Å². The van der Waals surface area contributed by atoms with Crippen molar-refractivity contribution in [2.45, 2.75) is 45.1 Å². The Bertz CT molecular complexity index is 407. The van der Waals surface area contributed by atoms with Crippen LogP contribution >= 0.6 is 0 Å². The molecule has 106 valence electrons. The first-order valence-corrected chi connectivity index (χ1v) is 7.18. The van der Waals surface area contributed by atoms with Crippen LogP contribution in [0.2, 0.25) is 0 Å². The second-order valence-electron chi connectivity index (χ2n) is 5.45. The minimum absolute atomic E-state index is 0.139. The fraction of sp³-hybridized carbons (Fsp3) is 0.714. The molecule has 0 radical (unpaired) electrons. The van der Waals surface area contributed by atoms with Crippen LogP contribution in [0.3, 0.4) is 0 Å². The molecule has 1 saturated heterocycles. The lowest BCUT2D eigenvalue weighted by Gasteiger charge is -2.22. The molecule has 19 heavy (non-hydrogen) atoms. The second-order valence-corrected chi connectivity index (χ2v) is 5.45. The Morgan fingerprint density at radius 2 is 2.05 bits per heavy atom. The first-order chi connectivity index (χ1) is 9.15. The zero-order valence-electron chi connectivity index (χ0n) is 11.9. The van der Waals surface area contributed by atoms with Crippen molar-refractivity contribution in [3.8, 4) is 0 Å². The predicted molar refractivity (Wildman–Crippen MR) is 76.0 cm³/mol. The first kappa shape index (κ1) is 13.9. The van der Waals surface area contributed by atoms with Crippen LogP contribution in [0.5, 0.6) is 0 Å². The van der Waals surface area contributed by atoms with E-state index in [0.717, 1.165) is 31.6 Å². The summed E-state index contributed by atoms with van der Waals surface area (Å²) in [6.45, 7) is 3.90. The Labute approximate surface area is 115 Å². The van der Waals surface area contributed by atoms with Gasteiger partial charge in [0.25, 0.3) is 0 Å². The van der Waals surface area contributed by atoms with Crippen LogP contribution in [0, 0.1) is 0 Å². The van der Waals surface area contributed by atoms with Crippen LogP contribution in [0.25, 0.3) is 0 Å². The topological polar surface area (TPSA) is 50.2 Å². The number of rotatable bonds is 4. The largest absolute Gasteiger partial charge is 0.380 e. The number of aromatic nitrogens is 2. The Morgan fingerprint density at radius 3 is 2.63 bits per heavy atom. The molecule has 1 atom stereocenters. The molecule has 1 fully saturated rings. The lowest BCUT2D eigenvalue weighted by atomic mass is 10.2. The predicted octanol–water partition coefficient (Wildman–Crippen LogP) is 2.01. The molecule has 5 heteroatoms. The number of nitrogens with one attached hydrogen (secondary N) is 1. The molecule has 1 amide bonds. The number of anilines is 1. The Balaban J connectivity index is 1.80. The number of hydrogen-bond acceptors (Lipinski definition) is 3. The summed E-state index contributed by atoms with van der Waals surface area (Å²) in [6, 6.07) is 0.139. The van der Waals surface area contributed by atoms with E-state index in [1.165, 1.54) is 12.8 Å². The monoisotopic (exact) mass is 264 g/mol. The minimum atomic E-state index is 0.139. The summed E-state index contributed by atoms with van der Waals surface area (Å²) < 4.78 is 1.76. The van der Waals surface area contributed by atoms with Gasteiger partial charge < -0.3 is 10.2 Å². The lowest BCUT2D eigenvalue weighted by Crippen LogP contribution is -2.35. The van der Waals surface area contributed by atoms with Crippen molar-refractivity contribution in [1.29, 1.82) is 0 Å². The SMILES string of the molecule is CC(CC(=O)N1CCCCCC1)Nc1cnn(C)c1. The third kappa shape index (κ3) is 4.26. The summed E-state index contributed by atoms with van der Waals surface area (Å²) in [6.07, 6.45) is 9.07. The van der Waals surface area contributed by atoms with Crippen LogP contribution < -0.4 is 5.32 Å². The summed E-state index contributed by atoms with van der Waals surface area (Å²) in [7, 11) is 1.89. The second kappa shape index (κ2) is 6.59. The summed E-state index contributed by atoms with van der Waals surface area (Å²) >= 11 is 0. The van der Waals surface area contributed by atoms with Gasteiger partial charge in [-0.15, -0.1) is 0 Å². The van der Waals surface area contributed by atoms with Crippen LogP contribution in [0.4, 0.5) is 5.69 Å². The average Bonchev–Trinajstić information content (AvgIpc) is 2.64. The van der Waals surface area contributed by atoms with Gasteiger partial charge in [-0.1, -0.05) is 12.8 Å². The number of hydrogen-bond donors (Lipinski definition) is 1. The van der Waals surface area contributed by atoms with Crippen LogP contribution in [-0.2, 0) is 11.8 Å². The Hall–Kier alpha value is -1.52. The van der Waals surface area contributed by atoms with Gasteiger partial charge >= 0.3 is 0 Å². The molecule has 0 spiro atoms. The smallest absolute Gasteiger partial charge is 0.224 e. The van der Waals surface area contributed by atoms with Gasteiger partial charge in [0, 0.05) is 38.8 Å². The molecule has 0 aliphatic carbocycles. The summed E-state index contributed by atoms with van der Waals surface area (Å²) in [5.74, 6) is 0.269. The zero-order valence-corrected chi connectivity index (χ0v) is 11.9. The molecule has 5 nitrogen and oxygen atoms in total. The van der Waals surface area contributed by atoms with E-state index in [-0.39, 0.29) is 11.9 Å². The highest BCUT2D eigenvalue weighted by Gasteiger charge is 2.17. The van der Waals surface area contributed by atoms with E-state index in [0.29, 0.717) is 6.42 Å². The van der Waals surface area contributed by atoms with E-state index in [1.54, 1.807) is 10.9 Å². The van der Waals surface area contributed by atoms with Crippen molar-refractivity contribution in [1.82, 2.24) is 14.7 Å². The van der Waals surface area contributed by atoms with Crippen molar-refractivity contribution in [3.05, 3.63) is 12.4 Å². The van der Waals surface area contributed by atoms with E-state index < -0.39 is 0 Å². The van der Waals surface area contributed by atoms with E-state index >= 15 is 0 Å². The van der Waals surface area contributed by atoms with Gasteiger partial charge in [-0.2, -0.15) is 5.10 Å². The van der Waals surface area contributed by atoms with Gasteiger partial charge in [-0.25, -0.2) is 0 Å². The Kier molecular flexibility index (Phi) is 4.82. The maximum atomic E-state index is 12.2.